The second kappa shape index (κ2) is 4.58. The van der Waals surface area contributed by atoms with Crippen LogP contribution in [0, 0.1) is 0 Å². The predicted molar refractivity (Wildman–Crippen MR) is 67.6 cm³/mol. The molecular formula is C9H15N3OSSi. The molecule has 0 bridgehead atoms. The first-order valence-electron chi connectivity index (χ1n) is 4.58. The van der Waals surface area contributed by atoms with Gasteiger partial charge in [0.1, 0.15) is 0 Å². The Morgan fingerprint density at radius 3 is 2.67 bits per heavy atom. The van der Waals surface area contributed by atoms with E-state index in [9.17, 15) is 4.79 Å². The summed E-state index contributed by atoms with van der Waals surface area (Å²) in [7, 11) is -1.23. The third kappa shape index (κ3) is 3.84. The van der Waals surface area contributed by atoms with Crippen LogP contribution in [-0.2, 0) is 0 Å². The van der Waals surface area contributed by atoms with Gasteiger partial charge in [-0.05, 0) is 10.6 Å². The number of rotatable bonds is 3. The van der Waals surface area contributed by atoms with E-state index in [0.29, 0.717) is 0 Å². The number of carbonyl (C=O) groups is 1. The Hall–Kier alpha value is -1.14. The fraction of sp³-hybridized carbons (Fsp3) is 0.333. The molecule has 0 saturated heterocycles. The number of carbonyl (C=O) groups excluding carboxylic acids is 1. The van der Waals surface area contributed by atoms with Crippen molar-refractivity contribution in [2.75, 3.05) is 0 Å². The smallest absolute Gasteiger partial charge is 0.332 e. The zero-order chi connectivity index (χ0) is 11.5. The van der Waals surface area contributed by atoms with Gasteiger partial charge in [-0.2, -0.15) is 5.10 Å². The fourth-order valence-corrected chi connectivity index (χ4v) is 3.78. The van der Waals surface area contributed by atoms with Crippen LogP contribution in [0.25, 0.3) is 0 Å². The van der Waals surface area contributed by atoms with Crippen molar-refractivity contribution in [1.29, 1.82) is 0 Å². The molecule has 3 N–H and O–H groups in total. The minimum atomic E-state index is -1.23. The van der Waals surface area contributed by atoms with Gasteiger partial charge >= 0.3 is 6.03 Å². The third-order valence-corrected chi connectivity index (χ3v) is 6.35. The van der Waals surface area contributed by atoms with Gasteiger partial charge in [0.2, 0.25) is 0 Å². The van der Waals surface area contributed by atoms with E-state index in [1.165, 1.54) is 4.50 Å². The normalized spacial score (nSPS) is 11.9. The Morgan fingerprint density at radius 2 is 2.20 bits per heavy atom. The maximum atomic E-state index is 10.4. The molecule has 1 heterocycles. The molecule has 0 aromatic carbocycles. The number of thiophene rings is 1. The van der Waals surface area contributed by atoms with Crippen LogP contribution in [0.15, 0.2) is 17.2 Å². The first-order chi connectivity index (χ1) is 6.89. The Kier molecular flexibility index (Phi) is 3.65. The summed E-state index contributed by atoms with van der Waals surface area (Å²) in [6, 6.07) is 3.49. The van der Waals surface area contributed by atoms with E-state index in [0.717, 1.165) is 4.88 Å². The maximum Gasteiger partial charge on any atom is 0.332 e. The van der Waals surface area contributed by atoms with Gasteiger partial charge in [-0.3, -0.25) is 0 Å². The van der Waals surface area contributed by atoms with Gasteiger partial charge in [-0.1, -0.05) is 25.7 Å². The molecule has 0 aliphatic carbocycles. The molecule has 82 valence electrons. The summed E-state index contributed by atoms with van der Waals surface area (Å²) in [6.45, 7) is 6.88. The van der Waals surface area contributed by atoms with E-state index >= 15 is 0 Å². The van der Waals surface area contributed by atoms with Crippen molar-refractivity contribution >= 4 is 36.2 Å². The van der Waals surface area contributed by atoms with Gasteiger partial charge in [0.05, 0.1) is 14.3 Å². The number of hydrogen-bond acceptors (Lipinski definition) is 3. The Bertz CT molecular complexity index is 381. The minimum Gasteiger partial charge on any atom is -0.350 e. The Balaban J connectivity index is 2.69. The highest BCUT2D eigenvalue weighted by molar-refractivity contribution is 7.27. The van der Waals surface area contributed by atoms with Gasteiger partial charge in [-0.25, -0.2) is 10.2 Å². The predicted octanol–water partition coefficient (Wildman–Crippen LogP) is 1.30. The lowest BCUT2D eigenvalue weighted by molar-refractivity contribution is 0.249. The lowest BCUT2D eigenvalue weighted by atomic mass is 10.5. The molecule has 0 atom stereocenters. The lowest BCUT2D eigenvalue weighted by Crippen LogP contribution is -2.34. The van der Waals surface area contributed by atoms with Crippen LogP contribution in [0.4, 0.5) is 4.79 Å². The van der Waals surface area contributed by atoms with E-state index in [2.05, 4.69) is 36.2 Å². The third-order valence-electron chi connectivity index (χ3n) is 1.73. The SMILES string of the molecule is C[Si](C)(C)c1ccc(/C=N/NC(N)=O)s1. The summed E-state index contributed by atoms with van der Waals surface area (Å²) < 4.78 is 1.42. The summed E-state index contributed by atoms with van der Waals surface area (Å²) >= 11 is 1.71. The molecule has 0 saturated carbocycles. The Labute approximate surface area is 94.2 Å². The number of hydrogen-bond donors (Lipinski definition) is 2. The number of amides is 2. The van der Waals surface area contributed by atoms with Crippen LogP contribution in [-0.4, -0.2) is 20.3 Å². The molecule has 0 radical (unpaired) electrons. The van der Waals surface area contributed by atoms with E-state index in [4.69, 9.17) is 5.73 Å². The molecule has 0 spiro atoms. The van der Waals surface area contributed by atoms with Crippen molar-refractivity contribution < 1.29 is 4.79 Å². The van der Waals surface area contributed by atoms with Crippen LogP contribution in [0.2, 0.25) is 19.6 Å². The van der Waals surface area contributed by atoms with Crippen LogP contribution in [0.5, 0.6) is 0 Å². The summed E-state index contributed by atoms with van der Waals surface area (Å²) in [6.07, 6.45) is 1.61. The van der Waals surface area contributed by atoms with Crippen LogP contribution < -0.4 is 15.7 Å². The molecule has 0 aliphatic heterocycles. The van der Waals surface area contributed by atoms with E-state index < -0.39 is 14.1 Å². The standard InChI is InChI=1S/C9H15N3OSSi/c1-15(2,3)8-5-4-7(14-8)6-11-12-9(10)13/h4-6H,1-3H3,(H3,10,12,13)/b11-6+. The molecule has 4 nitrogen and oxygen atoms in total. The molecule has 0 fully saturated rings. The molecule has 15 heavy (non-hydrogen) atoms. The van der Waals surface area contributed by atoms with Crippen LogP contribution in [0.3, 0.4) is 0 Å². The number of nitrogens with two attached hydrogens (primary N) is 1. The van der Waals surface area contributed by atoms with Crippen molar-refractivity contribution in [2.45, 2.75) is 19.6 Å². The highest BCUT2D eigenvalue weighted by Crippen LogP contribution is 2.11. The summed E-state index contributed by atoms with van der Waals surface area (Å²) in [4.78, 5) is 11.4. The topological polar surface area (TPSA) is 67.5 Å². The van der Waals surface area contributed by atoms with E-state index in [1.807, 2.05) is 6.07 Å². The first-order valence-corrected chi connectivity index (χ1v) is 8.90. The molecular weight excluding hydrogens is 226 g/mol. The molecule has 1 aromatic heterocycles. The molecule has 0 unspecified atom stereocenters. The van der Waals surface area contributed by atoms with Gasteiger partial charge in [-0.15, -0.1) is 11.3 Å². The largest absolute Gasteiger partial charge is 0.350 e. The van der Waals surface area contributed by atoms with E-state index in [-0.39, 0.29) is 0 Å². The van der Waals surface area contributed by atoms with Gasteiger partial charge < -0.3 is 5.73 Å². The summed E-state index contributed by atoms with van der Waals surface area (Å²) in [5.74, 6) is 0. The highest BCUT2D eigenvalue weighted by atomic mass is 32.1. The van der Waals surface area contributed by atoms with E-state index in [1.54, 1.807) is 17.6 Å². The fourth-order valence-electron chi connectivity index (χ4n) is 0.985. The molecule has 6 heteroatoms. The molecule has 1 aromatic rings. The monoisotopic (exact) mass is 241 g/mol. The van der Waals surface area contributed by atoms with Gasteiger partial charge in [0.15, 0.2) is 0 Å². The van der Waals surface area contributed by atoms with Crippen molar-refractivity contribution in [3.05, 3.63) is 17.0 Å². The maximum absolute atomic E-state index is 10.4. The van der Waals surface area contributed by atoms with Gasteiger partial charge in [0, 0.05) is 4.88 Å². The van der Waals surface area contributed by atoms with Crippen LogP contribution in [0.1, 0.15) is 4.88 Å². The number of urea groups is 1. The zero-order valence-electron chi connectivity index (χ0n) is 9.07. The zero-order valence-corrected chi connectivity index (χ0v) is 10.9. The average Bonchev–Trinajstić information content (AvgIpc) is 2.51. The van der Waals surface area contributed by atoms with Gasteiger partial charge in [0.25, 0.3) is 0 Å². The number of hydrazone groups is 1. The van der Waals surface area contributed by atoms with Crippen molar-refractivity contribution in [3.8, 4) is 0 Å². The summed E-state index contributed by atoms with van der Waals surface area (Å²) in [5, 5.41) is 3.71. The second-order valence-corrected chi connectivity index (χ2v) is 10.7. The molecule has 1 rings (SSSR count). The number of nitrogens with one attached hydrogen (secondary N) is 1. The minimum absolute atomic E-state index is 0.645. The summed E-state index contributed by atoms with van der Waals surface area (Å²) in [5.41, 5.74) is 7.05. The number of nitrogens with zero attached hydrogens (tertiary/aromatic N) is 1. The highest BCUT2D eigenvalue weighted by Gasteiger charge is 2.17. The lowest BCUT2D eigenvalue weighted by Gasteiger charge is -2.11. The van der Waals surface area contributed by atoms with Crippen molar-refractivity contribution in [2.24, 2.45) is 10.8 Å². The average molecular weight is 241 g/mol. The quantitative estimate of drug-likeness (QED) is 0.467. The molecule has 0 aliphatic rings. The molecule has 2 amide bonds. The van der Waals surface area contributed by atoms with Crippen molar-refractivity contribution in [3.63, 3.8) is 0 Å². The van der Waals surface area contributed by atoms with Crippen molar-refractivity contribution in [1.82, 2.24) is 5.43 Å². The Morgan fingerprint density at radius 1 is 1.53 bits per heavy atom. The van der Waals surface area contributed by atoms with Crippen LogP contribution >= 0.6 is 11.3 Å². The second-order valence-electron chi connectivity index (χ2n) is 4.19. The number of primary amides is 1. The first kappa shape index (κ1) is 11.9.